The normalized spacial score (nSPS) is 11.7. The van der Waals surface area contributed by atoms with Crippen molar-refractivity contribution in [3.8, 4) is 11.5 Å². The molecule has 0 amide bonds. The van der Waals surface area contributed by atoms with Gasteiger partial charge in [0.25, 0.3) is 10.1 Å². The Balaban J connectivity index is 1.92. The maximum absolute atomic E-state index is 12.9. The van der Waals surface area contributed by atoms with Gasteiger partial charge in [-0.1, -0.05) is 12.1 Å². The number of para-hydroxylation sites is 1. The monoisotopic (exact) mass is 525 g/mol. The van der Waals surface area contributed by atoms with Crippen LogP contribution in [-0.4, -0.2) is 51.0 Å². The van der Waals surface area contributed by atoms with E-state index >= 15 is 0 Å². The number of phenols is 1. The molecule has 0 saturated carbocycles. The number of sulfone groups is 1. The molecule has 0 radical (unpaired) electrons. The quantitative estimate of drug-likeness (QED) is 0.216. The predicted molar refractivity (Wildman–Crippen MR) is 127 cm³/mol. The Bertz CT molecular complexity index is 1440. The summed E-state index contributed by atoms with van der Waals surface area (Å²) in [6, 6.07) is 13.9. The number of ketones is 1. The molecule has 0 heterocycles. The van der Waals surface area contributed by atoms with Crippen molar-refractivity contribution in [1.82, 2.24) is 0 Å². The van der Waals surface area contributed by atoms with Crippen LogP contribution in [0.4, 0.5) is 11.4 Å². The number of aromatic hydroxyl groups is 1. The zero-order valence-electron chi connectivity index (χ0n) is 17.7. The van der Waals surface area contributed by atoms with Crippen molar-refractivity contribution < 1.29 is 36.0 Å². The van der Waals surface area contributed by atoms with Crippen molar-refractivity contribution >= 4 is 48.7 Å². The lowest BCUT2D eigenvalue weighted by Crippen LogP contribution is -2.10. The van der Waals surface area contributed by atoms with E-state index in [9.17, 15) is 31.3 Å². The van der Waals surface area contributed by atoms with Crippen LogP contribution in [0.5, 0.6) is 11.5 Å². The van der Waals surface area contributed by atoms with Crippen LogP contribution in [0.2, 0.25) is 0 Å². The number of rotatable bonds is 9. The van der Waals surface area contributed by atoms with E-state index in [-0.39, 0.29) is 33.4 Å². The summed E-state index contributed by atoms with van der Waals surface area (Å²) < 4.78 is 62.4. The molecular formula is C22H20ClNO8S2. The highest BCUT2D eigenvalue weighted by Crippen LogP contribution is 2.33. The molecule has 34 heavy (non-hydrogen) atoms. The first-order valence-corrected chi connectivity index (χ1v) is 13.3. The second kappa shape index (κ2) is 10.0. The fraction of sp³-hybridized carbons (Fsp3) is 0.136. The molecule has 0 aromatic heterocycles. The zero-order valence-corrected chi connectivity index (χ0v) is 20.1. The van der Waals surface area contributed by atoms with Gasteiger partial charge in [0.1, 0.15) is 16.4 Å². The number of hydrogen-bond acceptors (Lipinski definition) is 8. The lowest BCUT2D eigenvalue weighted by Gasteiger charge is -2.13. The van der Waals surface area contributed by atoms with Crippen molar-refractivity contribution in [3.63, 3.8) is 0 Å². The second-order valence-corrected chi connectivity index (χ2v) is 10.9. The molecule has 3 aromatic rings. The average molecular weight is 526 g/mol. The number of ether oxygens (including phenoxy) is 1. The van der Waals surface area contributed by atoms with Crippen molar-refractivity contribution in [1.29, 1.82) is 0 Å². The maximum atomic E-state index is 12.9. The number of nitrogens with one attached hydrogen (secondary N) is 1. The number of alkyl halides is 1. The minimum atomic E-state index is -4.72. The minimum absolute atomic E-state index is 0.0506. The molecule has 0 spiro atoms. The molecule has 9 nitrogen and oxygen atoms in total. The van der Waals surface area contributed by atoms with Gasteiger partial charge in [-0.3, -0.25) is 9.35 Å². The Morgan fingerprint density at radius 3 is 2.24 bits per heavy atom. The number of anilines is 2. The summed E-state index contributed by atoms with van der Waals surface area (Å²) in [7, 11) is -7.17. The number of hydrogen-bond donors (Lipinski definition) is 3. The molecule has 0 saturated heterocycles. The molecule has 3 N–H and O–H groups in total. The molecule has 0 unspecified atom stereocenters. The molecule has 180 valence electrons. The molecule has 0 aliphatic heterocycles. The van der Waals surface area contributed by atoms with Gasteiger partial charge in [0.2, 0.25) is 0 Å². The van der Waals surface area contributed by atoms with Crippen LogP contribution in [0.15, 0.2) is 70.5 Å². The highest BCUT2D eigenvalue weighted by atomic mass is 35.5. The number of carbonyl (C=O) groups excluding carboxylic acids is 1. The molecule has 0 fully saturated rings. The minimum Gasteiger partial charge on any atom is -0.507 e. The number of carbonyl (C=O) groups is 1. The Kier molecular flexibility index (Phi) is 7.51. The van der Waals surface area contributed by atoms with Gasteiger partial charge in [0.15, 0.2) is 15.6 Å². The van der Waals surface area contributed by atoms with Gasteiger partial charge >= 0.3 is 0 Å². The molecule has 12 heteroatoms. The summed E-state index contributed by atoms with van der Waals surface area (Å²) in [6.07, 6.45) is 0. The van der Waals surface area contributed by atoms with Crippen LogP contribution in [0.3, 0.4) is 0 Å². The first kappa shape index (κ1) is 25.5. The standard InChI is InChI=1S/C22H20ClNO8S2/c1-32-19-13-18(25)16(12-21(19)34(29,30)31)22(26)14-6-8-15(9-7-14)24-17-4-2-3-5-20(17)33(27,28)11-10-23/h2-9,12-13,24-25H,10-11H2,1H3,(H,29,30,31). The molecule has 3 aromatic carbocycles. The van der Waals surface area contributed by atoms with E-state index in [1.807, 2.05) is 0 Å². The van der Waals surface area contributed by atoms with Crippen molar-refractivity contribution in [3.05, 3.63) is 71.8 Å². The summed E-state index contributed by atoms with van der Waals surface area (Å²) in [4.78, 5) is 12.3. The van der Waals surface area contributed by atoms with E-state index in [1.165, 1.54) is 30.3 Å². The largest absolute Gasteiger partial charge is 0.507 e. The maximum Gasteiger partial charge on any atom is 0.298 e. The topological polar surface area (TPSA) is 147 Å². The SMILES string of the molecule is COc1cc(O)c(C(=O)c2ccc(Nc3ccccc3S(=O)(=O)CCCl)cc2)cc1S(=O)(=O)O. The smallest absolute Gasteiger partial charge is 0.298 e. The van der Waals surface area contributed by atoms with Gasteiger partial charge in [-0.15, -0.1) is 11.6 Å². The molecular weight excluding hydrogens is 506 g/mol. The summed E-state index contributed by atoms with van der Waals surface area (Å²) in [5.41, 5.74) is 0.557. The summed E-state index contributed by atoms with van der Waals surface area (Å²) in [5.74, 6) is -1.83. The van der Waals surface area contributed by atoms with E-state index in [0.29, 0.717) is 11.4 Å². The number of halogens is 1. The summed E-state index contributed by atoms with van der Waals surface area (Å²) in [6.45, 7) is 0. The van der Waals surface area contributed by atoms with E-state index in [0.717, 1.165) is 19.2 Å². The van der Waals surface area contributed by atoms with E-state index in [4.69, 9.17) is 16.3 Å². The van der Waals surface area contributed by atoms with E-state index in [2.05, 4.69) is 5.32 Å². The zero-order chi connectivity index (χ0) is 25.1. The Hall–Kier alpha value is -3.12. The second-order valence-electron chi connectivity index (χ2n) is 7.03. The van der Waals surface area contributed by atoms with Crippen LogP contribution in [0.1, 0.15) is 15.9 Å². The third-order valence-corrected chi connectivity index (χ3v) is 7.85. The molecule has 0 aliphatic carbocycles. The highest BCUT2D eigenvalue weighted by molar-refractivity contribution is 7.91. The number of benzene rings is 3. The lowest BCUT2D eigenvalue weighted by molar-refractivity contribution is 0.103. The lowest BCUT2D eigenvalue weighted by atomic mass is 10.0. The average Bonchev–Trinajstić information content (AvgIpc) is 2.78. The summed E-state index contributed by atoms with van der Waals surface area (Å²) >= 11 is 5.61. The third-order valence-electron chi connectivity index (χ3n) is 4.80. The van der Waals surface area contributed by atoms with Crippen molar-refractivity contribution in [2.24, 2.45) is 0 Å². The number of phenolic OH excluding ortho intramolecular Hbond substituents is 1. The Morgan fingerprint density at radius 2 is 1.65 bits per heavy atom. The van der Waals surface area contributed by atoms with Crippen LogP contribution in [-0.2, 0) is 20.0 Å². The van der Waals surface area contributed by atoms with Crippen LogP contribution < -0.4 is 10.1 Å². The molecule has 3 rings (SSSR count). The molecule has 0 atom stereocenters. The first-order chi connectivity index (χ1) is 16.0. The van der Waals surface area contributed by atoms with Gasteiger partial charge in [0.05, 0.1) is 29.0 Å². The van der Waals surface area contributed by atoms with Crippen molar-refractivity contribution in [2.75, 3.05) is 24.1 Å². The van der Waals surface area contributed by atoms with Gasteiger partial charge in [-0.05, 0) is 42.5 Å². The fourth-order valence-corrected chi connectivity index (χ4v) is 5.60. The molecule has 0 aliphatic rings. The van der Waals surface area contributed by atoms with Crippen LogP contribution in [0.25, 0.3) is 0 Å². The van der Waals surface area contributed by atoms with Gasteiger partial charge in [-0.2, -0.15) is 8.42 Å². The Morgan fingerprint density at radius 1 is 1.00 bits per heavy atom. The third kappa shape index (κ3) is 5.50. The van der Waals surface area contributed by atoms with Gasteiger partial charge in [-0.25, -0.2) is 8.42 Å². The fourth-order valence-electron chi connectivity index (χ4n) is 3.16. The van der Waals surface area contributed by atoms with Crippen molar-refractivity contribution in [2.45, 2.75) is 9.79 Å². The Labute approximate surface area is 201 Å². The van der Waals surface area contributed by atoms with Crippen LogP contribution in [0, 0.1) is 0 Å². The van der Waals surface area contributed by atoms with Gasteiger partial charge < -0.3 is 15.2 Å². The van der Waals surface area contributed by atoms with Crippen LogP contribution >= 0.6 is 11.6 Å². The van der Waals surface area contributed by atoms with E-state index in [1.54, 1.807) is 18.2 Å². The number of methoxy groups -OCH3 is 1. The summed E-state index contributed by atoms with van der Waals surface area (Å²) in [5, 5.41) is 13.2. The predicted octanol–water partition coefficient (Wildman–Crippen LogP) is 3.63. The first-order valence-electron chi connectivity index (χ1n) is 9.66. The van der Waals surface area contributed by atoms with Gasteiger partial charge in [0, 0.05) is 23.2 Å². The molecule has 0 bridgehead atoms. The highest BCUT2D eigenvalue weighted by Gasteiger charge is 2.24. The van der Waals surface area contributed by atoms with E-state index < -0.39 is 36.4 Å².